The van der Waals surface area contributed by atoms with E-state index in [1.54, 1.807) is 0 Å². The van der Waals surface area contributed by atoms with Gasteiger partial charge in [0.05, 0.1) is 0 Å². The molecule has 0 atom stereocenters. The van der Waals surface area contributed by atoms with Crippen molar-refractivity contribution in [1.82, 2.24) is 0 Å². The predicted molar refractivity (Wildman–Crippen MR) is 118 cm³/mol. The van der Waals surface area contributed by atoms with E-state index in [4.69, 9.17) is 0 Å². The van der Waals surface area contributed by atoms with Crippen LogP contribution in [-0.4, -0.2) is 0 Å². The van der Waals surface area contributed by atoms with Gasteiger partial charge in [-0.15, -0.1) is 6.42 Å². The van der Waals surface area contributed by atoms with Gasteiger partial charge in [-0.25, -0.2) is 5.57 Å². The van der Waals surface area contributed by atoms with E-state index in [0.717, 1.165) is 6.42 Å². The fraction of sp³-hybridized carbons (Fsp3) is 0.214. The largest absolute Gasteiger partial charge is 4.00 e. The molecule has 0 saturated heterocycles. The van der Waals surface area contributed by atoms with Crippen LogP contribution in [0.5, 0.6) is 0 Å². The van der Waals surface area contributed by atoms with Crippen LogP contribution in [0, 0.1) is 11.5 Å². The van der Waals surface area contributed by atoms with Crippen LogP contribution in [0.1, 0.15) is 43.9 Å². The quantitative estimate of drug-likeness (QED) is 0.216. The van der Waals surface area contributed by atoms with E-state index in [0.29, 0.717) is 0 Å². The van der Waals surface area contributed by atoms with Gasteiger partial charge in [0.15, 0.2) is 0 Å². The van der Waals surface area contributed by atoms with Gasteiger partial charge in [-0.2, -0.15) is 11.6 Å². The molecule has 0 fully saturated rings. The van der Waals surface area contributed by atoms with Gasteiger partial charge in [0.25, 0.3) is 0 Å². The summed E-state index contributed by atoms with van der Waals surface area (Å²) in [5.41, 5.74) is 6.26. The Bertz CT molecular complexity index is 908. The number of benzene rings is 3. The minimum absolute atomic E-state index is 0. The summed E-state index contributed by atoms with van der Waals surface area (Å²) in [5.74, 6) is 0. The number of halogens is 3. The zero-order valence-electron chi connectivity index (χ0n) is 18.6. The van der Waals surface area contributed by atoms with Gasteiger partial charge >= 0.3 is 21.7 Å². The standard InChI is InChI=1S/C28H27.3ClH.Ti/c1-27(2,3)25-20-13-21-26(25)28(22-14-7-4-8-15-22,23-16-9-5-10-17-23)24-18-11-6-12-19-24;;;;/h4-12,14-19,21H,13H2,1-3H3;3*1H;/q-1;;;;+4/p-3. The Morgan fingerprint density at radius 2 is 0.938 bits per heavy atom. The van der Waals surface area contributed by atoms with E-state index in [9.17, 15) is 0 Å². The van der Waals surface area contributed by atoms with Gasteiger partial charge in [0.2, 0.25) is 0 Å². The van der Waals surface area contributed by atoms with Crippen molar-refractivity contribution in [3.63, 3.8) is 0 Å². The fourth-order valence-electron chi connectivity index (χ4n) is 4.49. The van der Waals surface area contributed by atoms with Gasteiger partial charge < -0.3 is 37.2 Å². The van der Waals surface area contributed by atoms with Crippen molar-refractivity contribution in [1.29, 1.82) is 0 Å². The molecule has 4 rings (SSSR count). The van der Waals surface area contributed by atoms with Crippen LogP contribution in [0.4, 0.5) is 0 Å². The molecule has 0 nitrogen and oxygen atoms in total. The van der Waals surface area contributed by atoms with E-state index >= 15 is 0 Å². The first-order chi connectivity index (χ1) is 13.5. The molecule has 1 aliphatic rings. The van der Waals surface area contributed by atoms with Crippen LogP contribution in [0.2, 0.25) is 0 Å². The van der Waals surface area contributed by atoms with Crippen LogP contribution in [0.3, 0.4) is 0 Å². The minimum Gasteiger partial charge on any atom is -1.00 e. The maximum atomic E-state index is 3.69. The molecule has 0 aromatic heterocycles. The van der Waals surface area contributed by atoms with Crippen LogP contribution >= 0.6 is 0 Å². The van der Waals surface area contributed by atoms with Crippen LogP contribution in [-0.2, 0) is 27.1 Å². The smallest absolute Gasteiger partial charge is 1.00 e. The summed E-state index contributed by atoms with van der Waals surface area (Å²) in [6.07, 6.45) is 6.94. The summed E-state index contributed by atoms with van der Waals surface area (Å²) in [6, 6.07) is 32.8. The first-order valence-electron chi connectivity index (χ1n) is 10.0. The summed E-state index contributed by atoms with van der Waals surface area (Å²) in [6.45, 7) is 6.88. The van der Waals surface area contributed by atoms with Gasteiger partial charge in [0.1, 0.15) is 0 Å². The SMILES string of the molecule is CC(C)(C)C1=[C-]CC=C1C(c1ccccc1)(c1ccccc1)c1ccccc1.[Cl-].[Cl-].[Cl-].[Ti+4]. The van der Waals surface area contributed by atoms with E-state index < -0.39 is 0 Å². The Kier molecular flexibility index (Phi) is 12.3. The molecule has 0 radical (unpaired) electrons. The minimum atomic E-state index is -0.351. The fourth-order valence-corrected chi connectivity index (χ4v) is 4.49. The predicted octanol–water partition coefficient (Wildman–Crippen LogP) is -1.86. The molecule has 0 amide bonds. The van der Waals surface area contributed by atoms with Crippen molar-refractivity contribution in [2.45, 2.75) is 32.6 Å². The third kappa shape index (κ3) is 5.61. The Morgan fingerprint density at radius 1 is 0.594 bits per heavy atom. The molecule has 0 spiro atoms. The zero-order chi connectivity index (χ0) is 19.6. The summed E-state index contributed by atoms with van der Waals surface area (Å²) in [7, 11) is 0. The monoisotopic (exact) mass is 516 g/mol. The number of allylic oxidation sites excluding steroid dienone is 4. The second kappa shape index (κ2) is 12.8. The maximum Gasteiger partial charge on any atom is 4.00 e. The van der Waals surface area contributed by atoms with E-state index in [2.05, 4.69) is 124 Å². The Balaban J connectivity index is 0.00000240. The zero-order valence-corrected chi connectivity index (χ0v) is 22.4. The first kappa shape index (κ1) is 30.7. The average Bonchev–Trinajstić information content (AvgIpc) is 3.22. The molecule has 0 unspecified atom stereocenters. The van der Waals surface area contributed by atoms with E-state index in [1.165, 1.54) is 27.8 Å². The molecular weight excluding hydrogens is 491 g/mol. The Morgan fingerprint density at radius 3 is 1.25 bits per heavy atom. The summed E-state index contributed by atoms with van der Waals surface area (Å²) in [5, 5.41) is 0. The van der Waals surface area contributed by atoms with Gasteiger partial charge in [-0.3, -0.25) is 6.08 Å². The van der Waals surface area contributed by atoms with Crippen molar-refractivity contribution in [3.8, 4) is 0 Å². The topological polar surface area (TPSA) is 0 Å². The number of hydrogen-bond donors (Lipinski definition) is 0. The van der Waals surface area contributed by atoms with Crippen LogP contribution in [0.25, 0.3) is 0 Å². The molecule has 0 heterocycles. The summed E-state index contributed by atoms with van der Waals surface area (Å²) in [4.78, 5) is 0. The molecule has 1 aliphatic carbocycles. The summed E-state index contributed by atoms with van der Waals surface area (Å²) >= 11 is 0. The molecule has 32 heavy (non-hydrogen) atoms. The molecule has 0 bridgehead atoms. The van der Waals surface area contributed by atoms with Gasteiger partial charge in [-0.1, -0.05) is 112 Å². The van der Waals surface area contributed by atoms with Crippen LogP contribution < -0.4 is 37.2 Å². The average molecular weight is 518 g/mol. The van der Waals surface area contributed by atoms with E-state index in [1.807, 2.05) is 0 Å². The number of rotatable bonds is 4. The van der Waals surface area contributed by atoms with Crippen molar-refractivity contribution in [3.05, 3.63) is 131 Å². The first-order valence-corrected chi connectivity index (χ1v) is 10.0. The molecule has 4 heteroatoms. The third-order valence-corrected chi connectivity index (χ3v) is 5.63. The van der Waals surface area contributed by atoms with Crippen molar-refractivity contribution in [2.24, 2.45) is 5.41 Å². The Labute approximate surface area is 226 Å². The van der Waals surface area contributed by atoms with E-state index in [-0.39, 0.29) is 69.8 Å². The second-order valence-corrected chi connectivity index (χ2v) is 8.47. The third-order valence-electron chi connectivity index (χ3n) is 5.63. The molecule has 0 aliphatic heterocycles. The Hall–Kier alpha value is -1.28. The summed E-state index contributed by atoms with van der Waals surface area (Å²) < 4.78 is 0. The molecule has 3 aromatic carbocycles. The second-order valence-electron chi connectivity index (χ2n) is 8.47. The maximum absolute atomic E-state index is 3.69. The van der Waals surface area contributed by atoms with Crippen LogP contribution in [0.15, 0.2) is 108 Å². The van der Waals surface area contributed by atoms with Gasteiger partial charge in [0, 0.05) is 5.41 Å². The molecule has 0 N–H and O–H groups in total. The molecule has 3 aromatic rings. The van der Waals surface area contributed by atoms with Crippen molar-refractivity contribution >= 4 is 0 Å². The normalized spacial score (nSPS) is 12.7. The number of hydrogen-bond acceptors (Lipinski definition) is 0. The van der Waals surface area contributed by atoms with Crippen molar-refractivity contribution in [2.75, 3.05) is 0 Å². The molecule has 0 saturated carbocycles. The van der Waals surface area contributed by atoms with Crippen molar-refractivity contribution < 1.29 is 58.9 Å². The molecular formula is C28H27Cl3Ti. The van der Waals surface area contributed by atoms with Gasteiger partial charge in [-0.05, 0) is 22.1 Å². The molecule has 164 valence electrons.